The second-order valence-corrected chi connectivity index (χ2v) is 5.92. The average Bonchev–Trinajstić information content (AvgIpc) is 2.88. The van der Waals surface area contributed by atoms with E-state index in [1.807, 2.05) is 0 Å². The van der Waals surface area contributed by atoms with E-state index in [-0.39, 0.29) is 5.54 Å². The number of hydrogen-bond acceptors (Lipinski definition) is 4. The third kappa shape index (κ3) is 4.04. The third-order valence-electron chi connectivity index (χ3n) is 4.73. The van der Waals surface area contributed by atoms with E-state index in [1.54, 1.807) is 6.33 Å². The van der Waals surface area contributed by atoms with Crippen LogP contribution in [-0.2, 0) is 13.0 Å². The molecule has 1 atom stereocenters. The molecular formula is C16H33N5. The lowest BCUT2D eigenvalue weighted by molar-refractivity contribution is 0.0874. The topological polar surface area (TPSA) is 46.0 Å². The SMILES string of the molecule is CCCn1ncnc1CC(NCC)C(CC)(CC)N(C)C. The van der Waals surface area contributed by atoms with Crippen LogP contribution in [0.25, 0.3) is 0 Å². The number of nitrogens with zero attached hydrogens (tertiary/aromatic N) is 4. The van der Waals surface area contributed by atoms with Crippen LogP contribution in [0.15, 0.2) is 6.33 Å². The molecule has 0 amide bonds. The van der Waals surface area contributed by atoms with E-state index < -0.39 is 0 Å². The van der Waals surface area contributed by atoms with Gasteiger partial charge in [0.25, 0.3) is 0 Å². The molecule has 0 radical (unpaired) electrons. The molecule has 0 spiro atoms. The van der Waals surface area contributed by atoms with Crippen molar-refractivity contribution in [2.24, 2.45) is 0 Å². The Bertz CT molecular complexity index is 395. The summed E-state index contributed by atoms with van der Waals surface area (Å²) in [4.78, 5) is 6.87. The molecule has 0 aliphatic carbocycles. The highest BCUT2D eigenvalue weighted by Gasteiger charge is 2.38. The Morgan fingerprint density at radius 2 is 1.90 bits per heavy atom. The highest BCUT2D eigenvalue weighted by atomic mass is 15.3. The summed E-state index contributed by atoms with van der Waals surface area (Å²) < 4.78 is 2.05. The van der Waals surface area contributed by atoms with Crippen molar-refractivity contribution < 1.29 is 0 Å². The second-order valence-electron chi connectivity index (χ2n) is 5.92. The van der Waals surface area contributed by atoms with Crippen molar-refractivity contribution in [2.75, 3.05) is 20.6 Å². The van der Waals surface area contributed by atoms with E-state index in [0.717, 1.165) is 44.6 Å². The minimum atomic E-state index is 0.152. The Hall–Kier alpha value is -0.940. The van der Waals surface area contributed by atoms with Crippen molar-refractivity contribution in [1.29, 1.82) is 0 Å². The van der Waals surface area contributed by atoms with Gasteiger partial charge >= 0.3 is 0 Å². The molecule has 0 bridgehead atoms. The van der Waals surface area contributed by atoms with Crippen LogP contribution in [-0.4, -0.2) is 51.9 Å². The molecule has 1 heterocycles. The first-order chi connectivity index (χ1) is 10.1. The number of aryl methyl sites for hydroxylation is 1. The summed E-state index contributed by atoms with van der Waals surface area (Å²) in [6.45, 7) is 10.8. The molecule has 1 rings (SSSR count). The van der Waals surface area contributed by atoms with Crippen LogP contribution in [0, 0.1) is 0 Å². The van der Waals surface area contributed by atoms with E-state index >= 15 is 0 Å². The van der Waals surface area contributed by atoms with Gasteiger partial charge in [0.2, 0.25) is 0 Å². The summed E-state index contributed by atoms with van der Waals surface area (Å²) in [5.41, 5.74) is 0.152. The maximum Gasteiger partial charge on any atom is 0.138 e. The summed E-state index contributed by atoms with van der Waals surface area (Å²) in [6.07, 6.45) is 5.94. The minimum absolute atomic E-state index is 0.152. The van der Waals surface area contributed by atoms with E-state index in [4.69, 9.17) is 0 Å². The first-order valence-corrected chi connectivity index (χ1v) is 8.33. The normalized spacial score (nSPS) is 13.9. The quantitative estimate of drug-likeness (QED) is 0.719. The fourth-order valence-corrected chi connectivity index (χ4v) is 3.41. The maximum absolute atomic E-state index is 4.49. The molecule has 0 aliphatic heterocycles. The predicted octanol–water partition coefficient (Wildman–Crippen LogP) is 2.33. The van der Waals surface area contributed by atoms with Crippen molar-refractivity contribution >= 4 is 0 Å². The fourth-order valence-electron chi connectivity index (χ4n) is 3.41. The maximum atomic E-state index is 4.49. The lowest BCUT2D eigenvalue weighted by Crippen LogP contribution is -2.59. The summed E-state index contributed by atoms with van der Waals surface area (Å²) >= 11 is 0. The van der Waals surface area contributed by atoms with Gasteiger partial charge in [-0.2, -0.15) is 5.10 Å². The lowest BCUT2D eigenvalue weighted by atomic mass is 9.81. The van der Waals surface area contributed by atoms with E-state index in [9.17, 15) is 0 Å². The summed E-state index contributed by atoms with van der Waals surface area (Å²) in [6, 6.07) is 0.382. The van der Waals surface area contributed by atoms with Gasteiger partial charge in [0.15, 0.2) is 0 Å². The minimum Gasteiger partial charge on any atom is -0.312 e. The zero-order chi connectivity index (χ0) is 15.9. The van der Waals surface area contributed by atoms with E-state index in [2.05, 4.69) is 66.8 Å². The summed E-state index contributed by atoms with van der Waals surface area (Å²) in [5.74, 6) is 1.09. The number of likely N-dealkylation sites (N-methyl/N-ethyl adjacent to an activating group) is 2. The molecule has 122 valence electrons. The molecule has 21 heavy (non-hydrogen) atoms. The molecule has 0 aliphatic rings. The molecular weight excluding hydrogens is 262 g/mol. The van der Waals surface area contributed by atoms with E-state index in [0.29, 0.717) is 6.04 Å². The van der Waals surface area contributed by atoms with Crippen molar-refractivity contribution in [3.8, 4) is 0 Å². The van der Waals surface area contributed by atoms with E-state index in [1.165, 1.54) is 0 Å². The van der Waals surface area contributed by atoms with Gasteiger partial charge in [0.05, 0.1) is 0 Å². The highest BCUT2D eigenvalue weighted by Crippen LogP contribution is 2.27. The molecule has 1 aromatic rings. The van der Waals surface area contributed by atoms with Crippen LogP contribution >= 0.6 is 0 Å². The van der Waals surface area contributed by atoms with Crippen LogP contribution in [0.1, 0.15) is 52.8 Å². The average molecular weight is 295 g/mol. The summed E-state index contributed by atoms with van der Waals surface area (Å²) in [7, 11) is 4.38. The zero-order valence-corrected chi connectivity index (χ0v) is 14.7. The first-order valence-electron chi connectivity index (χ1n) is 8.33. The van der Waals surface area contributed by atoms with Gasteiger partial charge in [-0.05, 0) is 39.9 Å². The van der Waals surface area contributed by atoms with Gasteiger partial charge < -0.3 is 10.2 Å². The van der Waals surface area contributed by atoms with Crippen LogP contribution in [0.5, 0.6) is 0 Å². The predicted molar refractivity (Wildman–Crippen MR) is 88.5 cm³/mol. The Morgan fingerprint density at radius 1 is 1.24 bits per heavy atom. The molecule has 0 fully saturated rings. The largest absolute Gasteiger partial charge is 0.312 e. The molecule has 0 saturated carbocycles. The van der Waals surface area contributed by atoms with Crippen molar-refractivity contribution in [3.05, 3.63) is 12.2 Å². The highest BCUT2D eigenvalue weighted by molar-refractivity contribution is 5.02. The van der Waals surface area contributed by atoms with Gasteiger partial charge in [-0.15, -0.1) is 0 Å². The Kier molecular flexibility index (Phi) is 7.32. The smallest absolute Gasteiger partial charge is 0.138 e. The van der Waals surface area contributed by atoms with Crippen LogP contribution in [0.4, 0.5) is 0 Å². The van der Waals surface area contributed by atoms with Crippen molar-refractivity contribution in [2.45, 2.75) is 71.5 Å². The first kappa shape index (κ1) is 18.1. The molecule has 1 N–H and O–H groups in total. The third-order valence-corrected chi connectivity index (χ3v) is 4.73. The molecule has 5 heteroatoms. The summed E-state index contributed by atoms with van der Waals surface area (Å²) in [5, 5.41) is 8.05. The number of aromatic nitrogens is 3. The number of rotatable bonds is 10. The number of hydrogen-bond donors (Lipinski definition) is 1. The van der Waals surface area contributed by atoms with Crippen molar-refractivity contribution in [1.82, 2.24) is 25.0 Å². The van der Waals surface area contributed by atoms with Crippen LogP contribution in [0.2, 0.25) is 0 Å². The standard InChI is InChI=1S/C16H33N5/c1-7-11-21-15(18-13-19-21)12-14(17-10-4)16(8-2,9-3)20(5)6/h13-14,17H,7-12H2,1-6H3. The van der Waals surface area contributed by atoms with Gasteiger partial charge in [-0.3, -0.25) is 4.68 Å². The Morgan fingerprint density at radius 3 is 2.38 bits per heavy atom. The molecule has 0 saturated heterocycles. The Balaban J connectivity index is 3.02. The van der Waals surface area contributed by atoms with Gasteiger partial charge in [-0.25, -0.2) is 4.98 Å². The van der Waals surface area contributed by atoms with Crippen LogP contribution < -0.4 is 5.32 Å². The van der Waals surface area contributed by atoms with Crippen LogP contribution in [0.3, 0.4) is 0 Å². The second kappa shape index (κ2) is 8.49. The van der Waals surface area contributed by atoms with Crippen molar-refractivity contribution in [3.63, 3.8) is 0 Å². The number of nitrogens with one attached hydrogen (secondary N) is 1. The molecule has 1 aromatic heterocycles. The lowest BCUT2D eigenvalue weighted by Gasteiger charge is -2.45. The Labute approximate surface area is 130 Å². The fraction of sp³-hybridized carbons (Fsp3) is 0.875. The molecule has 1 unspecified atom stereocenters. The van der Waals surface area contributed by atoms with Gasteiger partial charge in [0.1, 0.15) is 12.2 Å². The monoisotopic (exact) mass is 295 g/mol. The zero-order valence-electron chi connectivity index (χ0n) is 14.7. The van der Waals surface area contributed by atoms with Gasteiger partial charge in [0, 0.05) is 24.5 Å². The molecule has 5 nitrogen and oxygen atoms in total. The molecule has 0 aromatic carbocycles. The van der Waals surface area contributed by atoms with Gasteiger partial charge in [-0.1, -0.05) is 27.7 Å².